The molecule has 0 unspecified atom stereocenters. The number of aliphatic hydroxyl groups is 1. The first kappa shape index (κ1) is 25.9. The lowest BCUT2D eigenvalue weighted by Gasteiger charge is -2.37. The number of carbonyl (C=O) groups is 2. The number of aromatic nitrogens is 1. The molecule has 1 aliphatic carbocycles. The highest BCUT2D eigenvalue weighted by molar-refractivity contribution is 5.98. The third kappa shape index (κ3) is 5.61. The van der Waals surface area contributed by atoms with Gasteiger partial charge in [-0.15, -0.1) is 0 Å². The first-order valence-electron chi connectivity index (χ1n) is 12.6. The molecular weight excluding hydrogens is 463 g/mol. The predicted molar refractivity (Wildman–Crippen MR) is 134 cm³/mol. The lowest BCUT2D eigenvalue weighted by molar-refractivity contribution is 0.0351. The second kappa shape index (κ2) is 11.2. The maximum absolute atomic E-state index is 14.5. The van der Waals surface area contributed by atoms with E-state index in [1.165, 1.54) is 12.3 Å². The summed E-state index contributed by atoms with van der Waals surface area (Å²) in [5, 5.41) is 12.9. The number of carbonyl (C=O) groups excluding carboxylic acids is 2. The van der Waals surface area contributed by atoms with Crippen molar-refractivity contribution in [3.8, 4) is 17.0 Å². The van der Waals surface area contributed by atoms with E-state index in [1.54, 1.807) is 48.0 Å². The van der Waals surface area contributed by atoms with Crippen molar-refractivity contribution in [1.29, 1.82) is 0 Å². The molecule has 1 saturated carbocycles. The monoisotopic (exact) mass is 498 g/mol. The molecule has 8 nitrogen and oxygen atoms in total. The Morgan fingerprint density at radius 2 is 2.03 bits per heavy atom. The number of benzene rings is 1. The Kier molecular flexibility index (Phi) is 8.08. The van der Waals surface area contributed by atoms with Crippen molar-refractivity contribution in [2.45, 2.75) is 57.7 Å². The number of ether oxygens (including phenoxy) is 1. The van der Waals surface area contributed by atoms with Gasteiger partial charge in [0.25, 0.3) is 5.91 Å². The average Bonchev–Trinajstić information content (AvgIpc) is 3.38. The van der Waals surface area contributed by atoms with Gasteiger partial charge < -0.3 is 25.0 Å². The number of pyridine rings is 1. The van der Waals surface area contributed by atoms with E-state index in [0.29, 0.717) is 24.2 Å². The summed E-state index contributed by atoms with van der Waals surface area (Å²) in [6.45, 7) is 4.15. The summed E-state index contributed by atoms with van der Waals surface area (Å²) in [6, 6.07) is 7.50. The lowest BCUT2D eigenvalue weighted by atomic mass is 9.99. The van der Waals surface area contributed by atoms with E-state index >= 15 is 0 Å². The van der Waals surface area contributed by atoms with Gasteiger partial charge >= 0.3 is 6.03 Å². The SMILES string of the molecule is C[C@H]1CN([C@@H](C)CO)C(=O)c2cc(-c3ccccc3F)cnc2O[C@H]1CN(C)C(=O)NC1CCCC1. The summed E-state index contributed by atoms with van der Waals surface area (Å²) in [4.78, 5) is 34.0. The Bertz CT molecular complexity index is 1090. The van der Waals surface area contributed by atoms with Gasteiger partial charge in [-0.25, -0.2) is 14.2 Å². The quantitative estimate of drug-likeness (QED) is 0.634. The molecule has 0 spiro atoms. The number of nitrogens with zero attached hydrogens (tertiary/aromatic N) is 3. The predicted octanol–water partition coefficient (Wildman–Crippen LogP) is 3.69. The second-order valence-corrected chi connectivity index (χ2v) is 9.99. The first-order valence-corrected chi connectivity index (χ1v) is 12.6. The number of hydrogen-bond donors (Lipinski definition) is 2. The first-order chi connectivity index (χ1) is 17.3. The van der Waals surface area contributed by atoms with Gasteiger partial charge in [-0.2, -0.15) is 0 Å². The van der Waals surface area contributed by atoms with E-state index in [1.807, 2.05) is 6.92 Å². The molecule has 0 saturated heterocycles. The zero-order chi connectivity index (χ0) is 25.8. The fourth-order valence-electron chi connectivity index (χ4n) is 4.87. The fourth-order valence-corrected chi connectivity index (χ4v) is 4.87. The number of rotatable bonds is 6. The highest BCUT2D eigenvalue weighted by atomic mass is 19.1. The van der Waals surface area contributed by atoms with Crippen LogP contribution in [0.2, 0.25) is 0 Å². The van der Waals surface area contributed by atoms with E-state index < -0.39 is 18.0 Å². The van der Waals surface area contributed by atoms with Crippen molar-refractivity contribution in [2.75, 3.05) is 26.7 Å². The fraction of sp³-hybridized carbons (Fsp3) is 0.519. The molecule has 4 rings (SSSR count). The Hall–Kier alpha value is -3.20. The van der Waals surface area contributed by atoms with Crippen molar-refractivity contribution in [1.82, 2.24) is 20.1 Å². The smallest absolute Gasteiger partial charge is 0.317 e. The standard InChI is InChI=1S/C27H35FN4O4/c1-17-14-32(18(2)16-33)26(34)22-12-19(21-10-6-7-11-23(21)28)13-29-25(22)36-24(17)15-31(3)27(35)30-20-8-4-5-9-20/h6-7,10-13,17-18,20,24,33H,4-5,8-9,14-16H2,1-3H3,(H,30,35)/t17-,18-,24-/m0/s1. The minimum atomic E-state index is -0.448. The van der Waals surface area contributed by atoms with Crippen molar-refractivity contribution in [3.63, 3.8) is 0 Å². The molecule has 194 valence electrons. The number of urea groups is 1. The molecule has 3 amide bonds. The van der Waals surface area contributed by atoms with Gasteiger partial charge in [-0.05, 0) is 31.9 Å². The molecule has 0 radical (unpaired) electrons. The molecule has 36 heavy (non-hydrogen) atoms. The van der Waals surface area contributed by atoms with Crippen LogP contribution in [0.15, 0.2) is 36.5 Å². The Morgan fingerprint density at radius 1 is 1.31 bits per heavy atom. The van der Waals surface area contributed by atoms with E-state index in [4.69, 9.17) is 4.74 Å². The van der Waals surface area contributed by atoms with Gasteiger partial charge in [0, 0.05) is 42.9 Å². The summed E-state index contributed by atoms with van der Waals surface area (Å²) >= 11 is 0. The van der Waals surface area contributed by atoms with Crippen molar-refractivity contribution >= 4 is 11.9 Å². The van der Waals surface area contributed by atoms with Gasteiger partial charge in [0.05, 0.1) is 19.2 Å². The van der Waals surface area contributed by atoms with Crippen LogP contribution in [0, 0.1) is 11.7 Å². The highest BCUT2D eigenvalue weighted by Crippen LogP contribution is 2.31. The Labute approximate surface area is 211 Å². The number of hydrogen-bond acceptors (Lipinski definition) is 5. The lowest BCUT2D eigenvalue weighted by Crippen LogP contribution is -2.52. The zero-order valence-electron chi connectivity index (χ0n) is 21.1. The molecule has 0 bridgehead atoms. The Morgan fingerprint density at radius 3 is 2.72 bits per heavy atom. The van der Waals surface area contributed by atoms with Crippen molar-refractivity contribution < 1.29 is 23.8 Å². The van der Waals surface area contributed by atoms with Gasteiger partial charge in [0.15, 0.2) is 0 Å². The minimum Gasteiger partial charge on any atom is -0.472 e. The molecule has 1 aromatic heterocycles. The largest absolute Gasteiger partial charge is 0.472 e. The van der Waals surface area contributed by atoms with Crippen LogP contribution in [0.1, 0.15) is 49.9 Å². The molecule has 2 aliphatic rings. The minimum absolute atomic E-state index is 0.136. The number of halogens is 1. The van der Waals surface area contributed by atoms with Crippen molar-refractivity contribution in [2.24, 2.45) is 5.92 Å². The summed E-state index contributed by atoms with van der Waals surface area (Å²) in [7, 11) is 1.73. The molecule has 3 atom stereocenters. The van der Waals surface area contributed by atoms with E-state index in [9.17, 15) is 19.1 Å². The van der Waals surface area contributed by atoms with Crippen molar-refractivity contribution in [3.05, 3.63) is 47.9 Å². The van der Waals surface area contributed by atoms with Crippen LogP contribution >= 0.6 is 0 Å². The molecule has 2 aromatic rings. The maximum atomic E-state index is 14.5. The van der Waals surface area contributed by atoms with Crippen LogP contribution in [0.4, 0.5) is 9.18 Å². The van der Waals surface area contributed by atoms with Crippen LogP contribution in [0.5, 0.6) is 5.88 Å². The molecular formula is C27H35FN4O4. The van der Waals surface area contributed by atoms with Crippen LogP contribution in [-0.2, 0) is 0 Å². The molecule has 9 heteroatoms. The summed E-state index contributed by atoms with van der Waals surface area (Å²) in [5.74, 6) is -0.766. The molecule has 1 fully saturated rings. The van der Waals surface area contributed by atoms with E-state index in [0.717, 1.165) is 25.7 Å². The summed E-state index contributed by atoms with van der Waals surface area (Å²) < 4.78 is 20.7. The van der Waals surface area contributed by atoms with Gasteiger partial charge in [-0.1, -0.05) is 38.0 Å². The normalized spacial score (nSPS) is 21.2. The van der Waals surface area contributed by atoms with Gasteiger partial charge in [-0.3, -0.25) is 4.79 Å². The van der Waals surface area contributed by atoms with Crippen LogP contribution in [0.3, 0.4) is 0 Å². The molecule has 1 aromatic carbocycles. The molecule has 2 heterocycles. The molecule has 1 aliphatic heterocycles. The summed E-state index contributed by atoms with van der Waals surface area (Å²) in [6.07, 6.45) is 5.28. The number of nitrogens with one attached hydrogen (secondary N) is 1. The number of likely N-dealkylation sites (N-methyl/N-ethyl adjacent to an activating group) is 1. The average molecular weight is 499 g/mol. The molecule has 2 N–H and O–H groups in total. The number of aliphatic hydroxyl groups excluding tert-OH is 1. The highest BCUT2D eigenvalue weighted by Gasteiger charge is 2.35. The third-order valence-electron chi connectivity index (χ3n) is 7.19. The topological polar surface area (TPSA) is 95.0 Å². The van der Waals surface area contributed by atoms with Gasteiger partial charge in [0.1, 0.15) is 17.5 Å². The zero-order valence-corrected chi connectivity index (χ0v) is 21.1. The van der Waals surface area contributed by atoms with E-state index in [2.05, 4.69) is 10.3 Å². The number of amides is 3. The second-order valence-electron chi connectivity index (χ2n) is 9.99. The third-order valence-corrected chi connectivity index (χ3v) is 7.19. The van der Waals surface area contributed by atoms with Crippen LogP contribution < -0.4 is 10.1 Å². The Balaban J connectivity index is 1.63. The van der Waals surface area contributed by atoms with E-state index in [-0.39, 0.29) is 41.9 Å². The van der Waals surface area contributed by atoms with Crippen LogP contribution in [0.25, 0.3) is 11.1 Å². The number of fused-ring (bicyclic) bond motifs is 1. The maximum Gasteiger partial charge on any atom is 0.317 e. The van der Waals surface area contributed by atoms with Gasteiger partial charge in [0.2, 0.25) is 5.88 Å². The summed E-state index contributed by atoms with van der Waals surface area (Å²) in [5.41, 5.74) is 0.988. The van der Waals surface area contributed by atoms with Crippen LogP contribution in [-0.4, -0.2) is 76.8 Å².